The molecule has 8 atom stereocenters. The van der Waals surface area contributed by atoms with E-state index in [0.717, 1.165) is 60.3 Å². The summed E-state index contributed by atoms with van der Waals surface area (Å²) < 4.78 is 6.07. The fourth-order valence-electron chi connectivity index (χ4n) is 9.78. The highest BCUT2D eigenvalue weighted by Crippen LogP contribution is 2.67. The van der Waals surface area contributed by atoms with Gasteiger partial charge >= 0.3 is 5.97 Å². The van der Waals surface area contributed by atoms with Crippen molar-refractivity contribution in [2.75, 3.05) is 0 Å². The first-order valence-corrected chi connectivity index (χ1v) is 16.8. The van der Waals surface area contributed by atoms with Gasteiger partial charge in [-0.2, -0.15) is 0 Å². The second-order valence-corrected chi connectivity index (χ2v) is 15.0. The zero-order valence-electron chi connectivity index (χ0n) is 25.1. The monoisotopic (exact) mass is 594 g/mol. The molecule has 4 aliphatic carbocycles. The molecular weight excluding hydrogens is 544 g/mol. The first kappa shape index (κ1) is 29.2. The third kappa shape index (κ3) is 5.73. The minimum Gasteiger partial charge on any atom is -0.458 e. The smallest absolute Gasteiger partial charge is 0.338 e. The van der Waals surface area contributed by atoms with E-state index in [-0.39, 0.29) is 17.5 Å². The summed E-state index contributed by atoms with van der Waals surface area (Å²) in [7, 11) is 0. The van der Waals surface area contributed by atoms with Crippen LogP contribution in [0, 0.1) is 46.3 Å². The number of allylic oxidation sites excluding steroid dienone is 1. The number of halogens is 1. The molecule has 4 aliphatic rings. The zero-order valence-corrected chi connectivity index (χ0v) is 26.6. The molecule has 3 fully saturated rings. The largest absolute Gasteiger partial charge is 0.458 e. The average Bonchev–Trinajstić information content (AvgIpc) is 3.26. The van der Waals surface area contributed by atoms with Gasteiger partial charge in [0.1, 0.15) is 6.10 Å². The molecule has 0 saturated heterocycles. The molecule has 0 radical (unpaired) electrons. The molecular formula is C36H51BrO2. The summed E-state index contributed by atoms with van der Waals surface area (Å²) >= 11 is 3.31. The van der Waals surface area contributed by atoms with Gasteiger partial charge in [-0.25, -0.2) is 4.79 Å². The van der Waals surface area contributed by atoms with Gasteiger partial charge in [0, 0.05) is 6.42 Å². The van der Waals surface area contributed by atoms with E-state index in [1.165, 1.54) is 51.4 Å². The van der Waals surface area contributed by atoms with Crippen LogP contribution in [0.1, 0.15) is 121 Å². The summed E-state index contributed by atoms with van der Waals surface area (Å²) in [6.45, 7) is 12.6. The van der Waals surface area contributed by atoms with Gasteiger partial charge < -0.3 is 4.74 Å². The Kier molecular flexibility index (Phi) is 8.87. The Labute approximate surface area is 246 Å². The molecule has 0 unspecified atom stereocenters. The van der Waals surface area contributed by atoms with Crippen molar-refractivity contribution in [3.8, 4) is 0 Å². The summed E-state index contributed by atoms with van der Waals surface area (Å²) in [5, 5.41) is 0. The summed E-state index contributed by atoms with van der Waals surface area (Å²) in [6, 6.07) is 7.68. The lowest BCUT2D eigenvalue weighted by Crippen LogP contribution is -2.51. The Morgan fingerprint density at radius 3 is 2.51 bits per heavy atom. The molecule has 214 valence electrons. The molecule has 5 rings (SSSR count). The number of rotatable bonds is 8. The highest BCUT2D eigenvalue weighted by atomic mass is 79.9. The van der Waals surface area contributed by atoms with E-state index in [0.29, 0.717) is 11.0 Å². The molecule has 2 nitrogen and oxygen atoms in total. The summed E-state index contributed by atoms with van der Waals surface area (Å²) in [5.41, 5.74) is 4.13. The number of carbonyl (C=O) groups excluding carboxylic acids is 1. The normalized spacial score (nSPS) is 36.7. The van der Waals surface area contributed by atoms with Crippen LogP contribution in [0.5, 0.6) is 0 Å². The van der Waals surface area contributed by atoms with Crippen LogP contribution in [0.15, 0.2) is 40.9 Å². The predicted octanol–water partition coefficient (Wildman–Crippen LogP) is 10.6. The van der Waals surface area contributed by atoms with Gasteiger partial charge in [0.15, 0.2) is 0 Å². The third-order valence-corrected chi connectivity index (χ3v) is 12.2. The van der Waals surface area contributed by atoms with Crippen LogP contribution in [-0.2, 0) is 4.74 Å². The highest BCUT2D eigenvalue weighted by molar-refractivity contribution is 9.11. The van der Waals surface area contributed by atoms with E-state index in [1.54, 1.807) is 5.57 Å². The molecule has 1 aromatic carbocycles. The Bertz CT molecular complexity index is 1070. The summed E-state index contributed by atoms with van der Waals surface area (Å²) in [4.78, 5) is 14.8. The van der Waals surface area contributed by atoms with Crippen molar-refractivity contribution in [1.82, 2.24) is 0 Å². The van der Waals surface area contributed by atoms with Gasteiger partial charge in [-0.15, -0.1) is 0 Å². The number of fused-ring (bicyclic) bond motifs is 5. The van der Waals surface area contributed by atoms with E-state index in [9.17, 15) is 4.79 Å². The molecule has 0 aromatic heterocycles. The number of carbonyl (C=O) groups is 1. The summed E-state index contributed by atoms with van der Waals surface area (Å²) in [5.74, 6) is 4.96. The van der Waals surface area contributed by atoms with Crippen molar-refractivity contribution < 1.29 is 9.53 Å². The first-order valence-electron chi connectivity index (χ1n) is 15.9. The van der Waals surface area contributed by atoms with Gasteiger partial charge in [-0.3, -0.25) is 0 Å². The van der Waals surface area contributed by atoms with Crippen LogP contribution >= 0.6 is 15.9 Å². The van der Waals surface area contributed by atoms with Crippen molar-refractivity contribution in [3.05, 3.63) is 52.0 Å². The second kappa shape index (κ2) is 11.9. The van der Waals surface area contributed by atoms with Crippen molar-refractivity contribution in [3.63, 3.8) is 0 Å². The number of ether oxygens (including phenoxy) is 1. The van der Waals surface area contributed by atoms with Gasteiger partial charge in [-0.1, -0.05) is 93.6 Å². The van der Waals surface area contributed by atoms with Crippen molar-refractivity contribution in [2.45, 2.75) is 111 Å². The van der Waals surface area contributed by atoms with E-state index in [1.807, 2.05) is 35.3 Å². The molecule has 0 aliphatic heterocycles. The van der Waals surface area contributed by atoms with E-state index in [4.69, 9.17) is 4.74 Å². The summed E-state index contributed by atoms with van der Waals surface area (Å²) in [6.07, 6.45) is 18.8. The molecule has 0 amide bonds. The van der Waals surface area contributed by atoms with Crippen LogP contribution in [-0.4, -0.2) is 12.1 Å². The van der Waals surface area contributed by atoms with Crippen LogP contribution in [0.4, 0.5) is 0 Å². The lowest BCUT2D eigenvalue weighted by Gasteiger charge is -2.58. The van der Waals surface area contributed by atoms with Crippen molar-refractivity contribution >= 4 is 28.0 Å². The maximum Gasteiger partial charge on any atom is 0.338 e. The lowest BCUT2D eigenvalue weighted by atomic mass is 9.47. The lowest BCUT2D eigenvalue weighted by molar-refractivity contribution is -0.0594. The van der Waals surface area contributed by atoms with Crippen molar-refractivity contribution in [2.24, 2.45) is 46.3 Å². The first-order chi connectivity index (χ1) is 18.7. The molecule has 0 bridgehead atoms. The highest BCUT2D eigenvalue weighted by Gasteiger charge is 2.59. The Hall–Kier alpha value is -1.35. The zero-order chi connectivity index (χ0) is 27.8. The fraction of sp³-hybridized carbons (Fsp3) is 0.694. The van der Waals surface area contributed by atoms with Crippen molar-refractivity contribution in [1.29, 1.82) is 0 Å². The molecule has 39 heavy (non-hydrogen) atoms. The fourth-order valence-corrected chi connectivity index (χ4v) is 10.1. The van der Waals surface area contributed by atoms with Gasteiger partial charge in [0.25, 0.3) is 0 Å². The third-order valence-electron chi connectivity index (χ3n) is 11.9. The SMILES string of the molecule is CC(C)CCC[C@@H](C)[C@H]1CC[C@H]2[C@@H]3CC=C4C[C@@H](OC(=O)c5ccc(C=CBr)cc5)CC[C@]4(C)[C@H]3CC[C@]12C. The minimum absolute atomic E-state index is 0.00638. The number of hydrogen-bond donors (Lipinski definition) is 0. The average molecular weight is 596 g/mol. The Morgan fingerprint density at radius 1 is 1.03 bits per heavy atom. The predicted molar refractivity (Wildman–Crippen MR) is 167 cm³/mol. The quantitative estimate of drug-likeness (QED) is 0.221. The van der Waals surface area contributed by atoms with E-state index < -0.39 is 0 Å². The second-order valence-electron chi connectivity index (χ2n) is 14.5. The molecule has 3 heteroatoms. The Balaban J connectivity index is 1.23. The maximum absolute atomic E-state index is 12.9. The standard InChI is InChI=1S/C36H51BrO2/c1-24(2)7-6-8-25(3)31-15-16-32-30-14-13-28-23-29(17-20-35(28,4)33(30)18-21-36(31,32)5)39-34(38)27-11-9-26(10-12-27)19-22-37/h9-13,19,22,24-25,29-33H,6-8,14-18,20-21,23H2,1-5H3/t25-,29+,30+,31-,32+,33+,35+,36-/m1/s1. The number of esters is 1. The van der Waals surface area contributed by atoms with Gasteiger partial charge in [-0.05, 0) is 120 Å². The van der Waals surface area contributed by atoms with E-state index >= 15 is 0 Å². The van der Waals surface area contributed by atoms with Crippen LogP contribution in [0.3, 0.4) is 0 Å². The molecule has 0 spiro atoms. The molecule has 0 heterocycles. The molecule has 1 aromatic rings. The van der Waals surface area contributed by atoms with Crippen LogP contribution in [0.25, 0.3) is 6.08 Å². The van der Waals surface area contributed by atoms with Crippen LogP contribution < -0.4 is 0 Å². The van der Waals surface area contributed by atoms with Crippen LogP contribution in [0.2, 0.25) is 0 Å². The van der Waals surface area contributed by atoms with E-state index in [2.05, 4.69) is 56.6 Å². The number of benzene rings is 1. The topological polar surface area (TPSA) is 26.3 Å². The maximum atomic E-state index is 12.9. The minimum atomic E-state index is -0.180. The Morgan fingerprint density at radius 2 is 1.79 bits per heavy atom. The number of hydrogen-bond acceptors (Lipinski definition) is 2. The molecule has 0 N–H and O–H groups in total. The van der Waals surface area contributed by atoms with Gasteiger partial charge in [0.05, 0.1) is 5.56 Å². The molecule has 3 saturated carbocycles. The van der Waals surface area contributed by atoms with Gasteiger partial charge in [0.2, 0.25) is 0 Å².